The molecule has 3 nitrogen and oxygen atoms in total. The lowest BCUT2D eigenvalue weighted by molar-refractivity contribution is -0.123. The molecule has 1 aliphatic carbocycles. The van der Waals surface area contributed by atoms with Gasteiger partial charge in [0.1, 0.15) is 0 Å². The molecule has 2 aliphatic rings. The van der Waals surface area contributed by atoms with E-state index in [1.54, 1.807) is 0 Å². The molecular formula is C15H21NO2. The Morgan fingerprint density at radius 3 is 2.78 bits per heavy atom. The standard InChI is InChI=1S/C15H21NO2/c1-12-9-16-15(11-18-12)7-14(8-15)17-10-13-5-3-2-4-6-13/h2-6,12,14,16H,7-11H2,1H3. The lowest BCUT2D eigenvalue weighted by Gasteiger charge is -2.51. The Morgan fingerprint density at radius 1 is 1.33 bits per heavy atom. The normalized spacial score (nSPS) is 35.4. The van der Waals surface area contributed by atoms with Crippen LogP contribution in [0, 0.1) is 0 Å². The SMILES string of the molecule is CC1CNC2(CO1)CC(OCc1ccccc1)C2. The summed E-state index contributed by atoms with van der Waals surface area (Å²) in [6.45, 7) is 4.63. The molecule has 0 aromatic heterocycles. The second-order valence-corrected chi connectivity index (χ2v) is 5.61. The topological polar surface area (TPSA) is 30.5 Å². The van der Waals surface area contributed by atoms with Crippen molar-refractivity contribution < 1.29 is 9.47 Å². The van der Waals surface area contributed by atoms with E-state index in [4.69, 9.17) is 9.47 Å². The molecule has 1 N–H and O–H groups in total. The van der Waals surface area contributed by atoms with Crippen LogP contribution in [-0.2, 0) is 16.1 Å². The number of ether oxygens (including phenoxy) is 2. The molecule has 1 heterocycles. The Hall–Kier alpha value is -0.900. The predicted molar refractivity (Wildman–Crippen MR) is 70.4 cm³/mol. The van der Waals surface area contributed by atoms with Crippen LogP contribution in [-0.4, -0.2) is 30.9 Å². The average Bonchev–Trinajstić information content (AvgIpc) is 2.37. The van der Waals surface area contributed by atoms with E-state index in [-0.39, 0.29) is 5.54 Å². The van der Waals surface area contributed by atoms with Crippen molar-refractivity contribution >= 4 is 0 Å². The van der Waals surface area contributed by atoms with Crippen LogP contribution in [0.4, 0.5) is 0 Å². The van der Waals surface area contributed by atoms with Crippen molar-refractivity contribution in [1.82, 2.24) is 5.32 Å². The van der Waals surface area contributed by atoms with Gasteiger partial charge in [0.05, 0.1) is 25.4 Å². The van der Waals surface area contributed by atoms with Crippen molar-refractivity contribution in [2.75, 3.05) is 13.2 Å². The number of nitrogens with one attached hydrogen (secondary N) is 1. The second kappa shape index (κ2) is 5.00. The molecule has 1 saturated heterocycles. The van der Waals surface area contributed by atoms with Gasteiger partial charge >= 0.3 is 0 Å². The van der Waals surface area contributed by atoms with Gasteiger partial charge in [-0.25, -0.2) is 0 Å². The molecule has 1 atom stereocenters. The highest BCUT2D eigenvalue weighted by molar-refractivity contribution is 5.14. The molecule has 1 spiro atoms. The van der Waals surface area contributed by atoms with E-state index in [9.17, 15) is 0 Å². The maximum atomic E-state index is 5.92. The van der Waals surface area contributed by atoms with Gasteiger partial charge in [-0.15, -0.1) is 0 Å². The molecule has 0 bridgehead atoms. The minimum absolute atomic E-state index is 0.202. The zero-order valence-corrected chi connectivity index (χ0v) is 10.9. The molecule has 1 aliphatic heterocycles. The first kappa shape index (κ1) is 12.2. The summed E-state index contributed by atoms with van der Waals surface area (Å²) in [7, 11) is 0. The summed E-state index contributed by atoms with van der Waals surface area (Å²) in [5.74, 6) is 0. The van der Waals surface area contributed by atoms with Crippen LogP contribution >= 0.6 is 0 Å². The van der Waals surface area contributed by atoms with Crippen molar-refractivity contribution in [3.8, 4) is 0 Å². The van der Waals surface area contributed by atoms with Crippen molar-refractivity contribution in [2.24, 2.45) is 0 Å². The van der Waals surface area contributed by atoms with E-state index >= 15 is 0 Å². The van der Waals surface area contributed by atoms with Gasteiger partial charge in [-0.05, 0) is 25.3 Å². The van der Waals surface area contributed by atoms with Crippen LogP contribution in [0.1, 0.15) is 25.3 Å². The Labute approximate surface area is 108 Å². The summed E-state index contributed by atoms with van der Waals surface area (Å²) in [5.41, 5.74) is 1.45. The lowest BCUT2D eigenvalue weighted by atomic mass is 9.74. The highest BCUT2D eigenvalue weighted by Gasteiger charge is 2.46. The van der Waals surface area contributed by atoms with E-state index in [1.807, 2.05) is 6.07 Å². The van der Waals surface area contributed by atoms with Gasteiger partial charge in [-0.1, -0.05) is 30.3 Å². The third-order valence-electron chi connectivity index (χ3n) is 3.97. The highest BCUT2D eigenvalue weighted by Crippen LogP contribution is 2.37. The quantitative estimate of drug-likeness (QED) is 0.887. The fraction of sp³-hybridized carbons (Fsp3) is 0.600. The molecule has 3 heteroatoms. The first-order valence-electron chi connectivity index (χ1n) is 6.78. The number of hydrogen-bond donors (Lipinski definition) is 1. The van der Waals surface area contributed by atoms with Crippen LogP contribution in [0.5, 0.6) is 0 Å². The summed E-state index contributed by atoms with van der Waals surface area (Å²) in [6.07, 6.45) is 2.88. The predicted octanol–water partition coefficient (Wildman–Crippen LogP) is 2.11. The molecule has 1 unspecified atom stereocenters. The Balaban J connectivity index is 1.43. The van der Waals surface area contributed by atoms with Gasteiger partial charge in [-0.2, -0.15) is 0 Å². The second-order valence-electron chi connectivity index (χ2n) is 5.61. The highest BCUT2D eigenvalue weighted by atomic mass is 16.5. The maximum Gasteiger partial charge on any atom is 0.0720 e. The van der Waals surface area contributed by atoms with Crippen molar-refractivity contribution in [3.63, 3.8) is 0 Å². The summed E-state index contributed by atoms with van der Waals surface area (Å²) < 4.78 is 11.7. The van der Waals surface area contributed by atoms with Gasteiger partial charge in [0.25, 0.3) is 0 Å². The number of morpholine rings is 1. The Morgan fingerprint density at radius 2 is 2.11 bits per heavy atom. The van der Waals surface area contributed by atoms with E-state index in [0.29, 0.717) is 12.2 Å². The Bertz CT molecular complexity index is 377. The van der Waals surface area contributed by atoms with Crippen LogP contribution in [0.15, 0.2) is 30.3 Å². The minimum atomic E-state index is 0.202. The van der Waals surface area contributed by atoms with E-state index in [0.717, 1.165) is 32.6 Å². The maximum absolute atomic E-state index is 5.92. The van der Waals surface area contributed by atoms with Gasteiger partial charge in [0, 0.05) is 12.1 Å². The third-order valence-corrected chi connectivity index (χ3v) is 3.97. The van der Waals surface area contributed by atoms with Crippen molar-refractivity contribution in [2.45, 2.75) is 44.1 Å². The average molecular weight is 247 g/mol. The van der Waals surface area contributed by atoms with Gasteiger partial charge in [0.15, 0.2) is 0 Å². The third kappa shape index (κ3) is 2.58. The minimum Gasteiger partial charge on any atom is -0.375 e. The molecule has 1 aromatic rings. The Kier molecular flexibility index (Phi) is 3.37. The molecule has 0 amide bonds. The van der Waals surface area contributed by atoms with Crippen LogP contribution in [0.3, 0.4) is 0 Å². The number of benzene rings is 1. The van der Waals surface area contributed by atoms with E-state index < -0.39 is 0 Å². The first-order valence-corrected chi connectivity index (χ1v) is 6.78. The molecule has 1 aromatic carbocycles. The molecule has 1 saturated carbocycles. The monoisotopic (exact) mass is 247 g/mol. The summed E-state index contributed by atoms with van der Waals surface area (Å²) in [6, 6.07) is 10.4. The smallest absolute Gasteiger partial charge is 0.0720 e. The fourth-order valence-corrected chi connectivity index (χ4v) is 2.75. The molecule has 2 fully saturated rings. The van der Waals surface area contributed by atoms with Crippen molar-refractivity contribution in [1.29, 1.82) is 0 Å². The molecular weight excluding hydrogens is 226 g/mol. The number of hydrogen-bond acceptors (Lipinski definition) is 3. The lowest BCUT2D eigenvalue weighted by Crippen LogP contribution is -2.65. The summed E-state index contributed by atoms with van der Waals surface area (Å²) >= 11 is 0. The molecule has 18 heavy (non-hydrogen) atoms. The largest absolute Gasteiger partial charge is 0.375 e. The van der Waals surface area contributed by atoms with Crippen LogP contribution < -0.4 is 5.32 Å². The van der Waals surface area contributed by atoms with Gasteiger partial charge in [0.2, 0.25) is 0 Å². The molecule has 98 valence electrons. The molecule has 3 rings (SSSR count). The van der Waals surface area contributed by atoms with Crippen molar-refractivity contribution in [3.05, 3.63) is 35.9 Å². The van der Waals surface area contributed by atoms with Gasteiger partial charge in [-0.3, -0.25) is 0 Å². The summed E-state index contributed by atoms with van der Waals surface area (Å²) in [4.78, 5) is 0. The fourth-order valence-electron chi connectivity index (χ4n) is 2.75. The zero-order valence-electron chi connectivity index (χ0n) is 10.9. The van der Waals surface area contributed by atoms with E-state index in [1.165, 1.54) is 5.56 Å². The summed E-state index contributed by atoms with van der Waals surface area (Å²) in [5, 5.41) is 3.60. The zero-order chi connectivity index (χ0) is 12.4. The van der Waals surface area contributed by atoms with Crippen LogP contribution in [0.2, 0.25) is 0 Å². The molecule has 0 radical (unpaired) electrons. The van der Waals surface area contributed by atoms with Crippen LogP contribution in [0.25, 0.3) is 0 Å². The first-order chi connectivity index (χ1) is 8.76. The van der Waals surface area contributed by atoms with Gasteiger partial charge < -0.3 is 14.8 Å². The number of rotatable bonds is 3. The van der Waals surface area contributed by atoms with E-state index in [2.05, 4.69) is 36.5 Å².